The van der Waals surface area contributed by atoms with Crippen LogP contribution in [0.25, 0.3) is 0 Å². The lowest BCUT2D eigenvalue weighted by atomic mass is 9.62. The maximum Gasteiger partial charge on any atom is 0.0857 e. The zero-order valence-electron chi connectivity index (χ0n) is 27.3. The van der Waals surface area contributed by atoms with E-state index in [1.807, 2.05) is 0 Å². The lowest BCUT2D eigenvalue weighted by Crippen LogP contribution is -2.50. The Labute approximate surface area is 229 Å². The van der Waals surface area contributed by atoms with Crippen LogP contribution in [0.2, 0.25) is 0 Å². The van der Waals surface area contributed by atoms with E-state index >= 15 is 0 Å². The largest absolute Gasteiger partial charge is 0.326 e. The summed E-state index contributed by atoms with van der Waals surface area (Å²) in [6.45, 7) is 22.9. The Balaban J connectivity index is 1.75. The standard InChI is InChI=1S/C34H70N2/c1-27-17-15-23-33(5,6)31(27)21-19-29(3)35(9,10)25-13-14-26-36(11,12)30(4)20-22-32-28(2)18-16-24-34(32,7)8/h27-32H,13-26H2,1-12H3/q+2. The SMILES string of the molecule is CC1CCCC(C)(C)C1CCC(C)[N+](C)(C)CCCC[N+](C)(C)C(C)CCC1C(C)CCCC1(C)C. The molecule has 0 aromatic heterocycles. The van der Waals surface area contributed by atoms with E-state index in [1.165, 1.54) is 99.1 Å². The Morgan fingerprint density at radius 3 is 1.28 bits per heavy atom. The van der Waals surface area contributed by atoms with E-state index in [0.717, 1.165) is 35.8 Å². The van der Waals surface area contributed by atoms with E-state index in [4.69, 9.17) is 0 Å². The highest BCUT2D eigenvalue weighted by Crippen LogP contribution is 2.47. The van der Waals surface area contributed by atoms with Gasteiger partial charge in [0.1, 0.15) is 0 Å². The van der Waals surface area contributed by atoms with E-state index in [2.05, 4.69) is 83.6 Å². The first kappa shape index (κ1) is 32.1. The highest BCUT2D eigenvalue weighted by Gasteiger charge is 2.39. The number of hydrogen-bond acceptors (Lipinski definition) is 0. The number of hydrogen-bond donors (Lipinski definition) is 0. The molecule has 2 fully saturated rings. The molecule has 0 aromatic rings. The van der Waals surface area contributed by atoms with E-state index in [1.54, 1.807) is 0 Å². The molecule has 0 amide bonds. The molecule has 214 valence electrons. The number of nitrogens with zero attached hydrogens (tertiary/aromatic N) is 2. The van der Waals surface area contributed by atoms with Gasteiger partial charge in [0, 0.05) is 12.8 Å². The minimum absolute atomic E-state index is 0.541. The van der Waals surface area contributed by atoms with Crippen LogP contribution in [-0.4, -0.2) is 62.3 Å². The summed E-state index contributed by atoms with van der Waals surface area (Å²) in [4.78, 5) is 0. The van der Waals surface area contributed by atoms with Crippen LogP contribution in [0.1, 0.15) is 132 Å². The van der Waals surface area contributed by atoms with E-state index in [-0.39, 0.29) is 0 Å². The van der Waals surface area contributed by atoms with E-state index < -0.39 is 0 Å². The molecule has 0 N–H and O–H groups in total. The summed E-state index contributed by atoms with van der Waals surface area (Å²) >= 11 is 0. The first-order valence-electron chi connectivity index (χ1n) is 16.1. The molecule has 6 unspecified atom stereocenters. The van der Waals surface area contributed by atoms with Crippen LogP contribution in [0, 0.1) is 34.5 Å². The smallest absolute Gasteiger partial charge is 0.0857 e. The van der Waals surface area contributed by atoms with Gasteiger partial charge in [-0.3, -0.25) is 0 Å². The van der Waals surface area contributed by atoms with Crippen molar-refractivity contribution in [2.75, 3.05) is 41.3 Å². The molecule has 0 spiro atoms. The third kappa shape index (κ3) is 8.72. The Bertz CT molecular complexity index is 590. The predicted octanol–water partition coefficient (Wildman–Crippen LogP) is 9.18. The molecule has 2 heteroatoms. The molecular formula is C34H70N2+2. The molecule has 2 rings (SSSR count). The Morgan fingerprint density at radius 2 is 0.972 bits per heavy atom. The van der Waals surface area contributed by atoms with Crippen molar-refractivity contribution < 1.29 is 8.97 Å². The van der Waals surface area contributed by atoms with Crippen LogP contribution < -0.4 is 0 Å². The molecular weight excluding hydrogens is 436 g/mol. The number of rotatable bonds is 13. The first-order valence-corrected chi connectivity index (χ1v) is 16.1. The molecule has 0 aromatic carbocycles. The average Bonchev–Trinajstić information content (AvgIpc) is 2.74. The maximum absolute atomic E-state index is 2.54. The molecule has 0 saturated heterocycles. The van der Waals surface area contributed by atoms with Crippen molar-refractivity contribution in [3.8, 4) is 0 Å². The molecule has 2 nitrogen and oxygen atoms in total. The van der Waals surface area contributed by atoms with E-state index in [9.17, 15) is 0 Å². The van der Waals surface area contributed by atoms with E-state index in [0.29, 0.717) is 10.8 Å². The second kappa shape index (κ2) is 12.8. The fourth-order valence-corrected chi connectivity index (χ4v) is 8.44. The zero-order chi connectivity index (χ0) is 27.4. The third-order valence-electron chi connectivity index (χ3n) is 12.2. The average molecular weight is 507 g/mol. The number of unbranched alkanes of at least 4 members (excludes halogenated alkanes) is 1. The summed E-state index contributed by atoms with van der Waals surface area (Å²) < 4.78 is 2.39. The summed E-state index contributed by atoms with van der Waals surface area (Å²) in [5, 5.41) is 0. The van der Waals surface area contributed by atoms with Gasteiger partial charge in [0.05, 0.1) is 53.4 Å². The van der Waals surface area contributed by atoms with Gasteiger partial charge in [-0.1, -0.05) is 67.2 Å². The fraction of sp³-hybridized carbons (Fsp3) is 1.00. The van der Waals surface area contributed by atoms with Gasteiger partial charge in [-0.15, -0.1) is 0 Å². The van der Waals surface area contributed by atoms with Crippen LogP contribution in [0.15, 0.2) is 0 Å². The maximum atomic E-state index is 2.54. The van der Waals surface area contributed by atoms with Crippen LogP contribution in [-0.2, 0) is 0 Å². The van der Waals surface area contributed by atoms with Crippen LogP contribution in [0.5, 0.6) is 0 Å². The molecule has 2 aliphatic carbocycles. The lowest BCUT2D eigenvalue weighted by Gasteiger charge is -2.45. The summed E-state index contributed by atoms with van der Waals surface area (Å²) in [7, 11) is 9.98. The van der Waals surface area contributed by atoms with Gasteiger partial charge in [0.2, 0.25) is 0 Å². The first-order chi connectivity index (χ1) is 16.5. The zero-order valence-corrected chi connectivity index (χ0v) is 27.3. The molecule has 0 bridgehead atoms. The van der Waals surface area contributed by atoms with Gasteiger partial charge >= 0.3 is 0 Å². The summed E-state index contributed by atoms with van der Waals surface area (Å²) in [5.41, 5.74) is 1.08. The van der Waals surface area contributed by atoms with Crippen molar-refractivity contribution in [1.82, 2.24) is 0 Å². The van der Waals surface area contributed by atoms with Crippen molar-refractivity contribution in [3.05, 3.63) is 0 Å². The Morgan fingerprint density at radius 1 is 0.639 bits per heavy atom. The van der Waals surface area contributed by atoms with Crippen molar-refractivity contribution in [2.24, 2.45) is 34.5 Å². The van der Waals surface area contributed by atoms with Crippen LogP contribution >= 0.6 is 0 Å². The summed E-state index contributed by atoms with van der Waals surface area (Å²) in [6.07, 6.45) is 17.0. The van der Waals surface area contributed by atoms with Crippen LogP contribution in [0.4, 0.5) is 0 Å². The Kier molecular flexibility index (Phi) is 11.5. The minimum Gasteiger partial charge on any atom is -0.326 e. The topological polar surface area (TPSA) is 0 Å². The molecule has 0 aliphatic heterocycles. The summed E-state index contributed by atoms with van der Waals surface area (Å²) in [5.74, 6) is 3.64. The molecule has 2 aliphatic rings. The highest BCUT2D eigenvalue weighted by molar-refractivity contribution is 4.87. The fourth-order valence-electron chi connectivity index (χ4n) is 8.44. The van der Waals surface area contributed by atoms with Gasteiger partial charge < -0.3 is 8.97 Å². The third-order valence-corrected chi connectivity index (χ3v) is 12.2. The van der Waals surface area contributed by atoms with Crippen molar-refractivity contribution in [2.45, 2.75) is 145 Å². The normalized spacial score (nSPS) is 30.7. The summed E-state index contributed by atoms with van der Waals surface area (Å²) in [6, 6.07) is 1.52. The monoisotopic (exact) mass is 507 g/mol. The number of quaternary nitrogens is 2. The van der Waals surface area contributed by atoms with Crippen LogP contribution in [0.3, 0.4) is 0 Å². The molecule has 36 heavy (non-hydrogen) atoms. The molecule has 6 atom stereocenters. The van der Waals surface area contributed by atoms with Gasteiger partial charge in [-0.25, -0.2) is 0 Å². The van der Waals surface area contributed by atoms with Crippen molar-refractivity contribution in [3.63, 3.8) is 0 Å². The lowest BCUT2D eigenvalue weighted by molar-refractivity contribution is -0.919. The van der Waals surface area contributed by atoms with Gasteiger partial charge in [-0.2, -0.15) is 0 Å². The second-order valence-electron chi connectivity index (χ2n) is 16.5. The van der Waals surface area contributed by atoms with Crippen molar-refractivity contribution in [1.29, 1.82) is 0 Å². The second-order valence-corrected chi connectivity index (χ2v) is 16.5. The minimum atomic E-state index is 0.541. The Hall–Kier alpha value is -0.0800. The molecule has 0 radical (unpaired) electrons. The van der Waals surface area contributed by atoms with Gasteiger partial charge in [0.25, 0.3) is 0 Å². The van der Waals surface area contributed by atoms with Gasteiger partial charge in [-0.05, 0) is 86.9 Å². The highest BCUT2D eigenvalue weighted by atomic mass is 15.3. The van der Waals surface area contributed by atoms with Crippen molar-refractivity contribution >= 4 is 0 Å². The quantitative estimate of drug-likeness (QED) is 0.172. The predicted molar refractivity (Wildman–Crippen MR) is 161 cm³/mol. The molecule has 2 saturated carbocycles. The molecule has 0 heterocycles. The van der Waals surface area contributed by atoms with Gasteiger partial charge in [0.15, 0.2) is 0 Å².